The lowest BCUT2D eigenvalue weighted by Crippen LogP contribution is -2.48. The van der Waals surface area contributed by atoms with Gasteiger partial charge in [-0.3, -0.25) is 4.79 Å². The van der Waals surface area contributed by atoms with Crippen LogP contribution in [0.25, 0.3) is 0 Å². The highest BCUT2D eigenvalue weighted by Crippen LogP contribution is 2.35. The average Bonchev–Trinajstić information content (AvgIpc) is 3.18. The van der Waals surface area contributed by atoms with Crippen molar-refractivity contribution in [1.29, 1.82) is 0 Å². The summed E-state index contributed by atoms with van der Waals surface area (Å²) in [6, 6.07) is 7.78. The van der Waals surface area contributed by atoms with E-state index in [2.05, 4.69) is 5.32 Å². The second kappa shape index (κ2) is 7.95. The molecule has 142 valence electrons. The lowest BCUT2D eigenvalue weighted by atomic mass is 9.74. The maximum atomic E-state index is 12.5. The monoisotopic (exact) mass is 362 g/mol. The van der Waals surface area contributed by atoms with Gasteiger partial charge in [0.05, 0.1) is 13.0 Å². The number of urea groups is 1. The fourth-order valence-electron chi connectivity index (χ4n) is 3.78. The Morgan fingerprint density at radius 1 is 1.31 bits per heavy atom. The highest BCUT2D eigenvalue weighted by atomic mass is 16.5. The molecule has 1 atom stereocenters. The summed E-state index contributed by atoms with van der Waals surface area (Å²) in [5.74, 6) is -0.490. The predicted molar refractivity (Wildman–Crippen MR) is 95.4 cm³/mol. The lowest BCUT2D eigenvalue weighted by molar-refractivity contribution is -0.141. The first-order chi connectivity index (χ1) is 12.5. The molecule has 0 aliphatic carbocycles. The van der Waals surface area contributed by atoms with Crippen LogP contribution in [0.4, 0.5) is 4.79 Å². The number of carboxylic acid groups (broad SMARTS) is 1. The fourth-order valence-corrected chi connectivity index (χ4v) is 3.78. The summed E-state index contributed by atoms with van der Waals surface area (Å²) in [5.41, 5.74) is 0.985. The van der Waals surface area contributed by atoms with Crippen LogP contribution in [0, 0.1) is 5.92 Å². The third-order valence-electron chi connectivity index (χ3n) is 5.56. The summed E-state index contributed by atoms with van der Waals surface area (Å²) in [5, 5.41) is 12.1. The van der Waals surface area contributed by atoms with Gasteiger partial charge in [0.1, 0.15) is 5.75 Å². The summed E-state index contributed by atoms with van der Waals surface area (Å²) < 4.78 is 10.8. The van der Waals surface area contributed by atoms with Gasteiger partial charge in [-0.2, -0.15) is 0 Å². The van der Waals surface area contributed by atoms with E-state index in [-0.39, 0.29) is 18.0 Å². The highest BCUT2D eigenvalue weighted by Gasteiger charge is 2.36. The molecule has 1 aromatic carbocycles. The molecule has 0 aromatic heterocycles. The summed E-state index contributed by atoms with van der Waals surface area (Å²) in [6.45, 7) is 2.59. The molecule has 1 unspecified atom stereocenters. The molecule has 0 radical (unpaired) electrons. The Kier molecular flexibility index (Phi) is 5.66. The molecule has 2 heterocycles. The Hall–Kier alpha value is -2.28. The molecule has 0 saturated carbocycles. The van der Waals surface area contributed by atoms with Crippen molar-refractivity contribution in [3.63, 3.8) is 0 Å². The molecule has 0 bridgehead atoms. The van der Waals surface area contributed by atoms with Crippen LogP contribution in [-0.2, 0) is 14.9 Å². The first kappa shape index (κ1) is 18.5. The summed E-state index contributed by atoms with van der Waals surface area (Å²) in [6.07, 6.45) is 2.18. The molecule has 26 heavy (non-hydrogen) atoms. The molecule has 2 aliphatic rings. The zero-order valence-electron chi connectivity index (χ0n) is 15.1. The van der Waals surface area contributed by atoms with Crippen LogP contribution in [0.5, 0.6) is 5.75 Å². The number of hydrogen-bond acceptors (Lipinski definition) is 4. The Morgan fingerprint density at radius 3 is 2.58 bits per heavy atom. The maximum Gasteiger partial charge on any atom is 0.317 e. The van der Waals surface area contributed by atoms with E-state index in [1.54, 1.807) is 12.0 Å². The lowest BCUT2D eigenvalue weighted by Gasteiger charge is -2.38. The van der Waals surface area contributed by atoms with E-state index in [0.29, 0.717) is 32.7 Å². The molecule has 7 heteroatoms. The second-order valence-corrected chi connectivity index (χ2v) is 7.05. The van der Waals surface area contributed by atoms with Crippen molar-refractivity contribution in [2.75, 3.05) is 40.0 Å². The van der Waals surface area contributed by atoms with Crippen LogP contribution in [0.2, 0.25) is 0 Å². The van der Waals surface area contributed by atoms with E-state index < -0.39 is 11.9 Å². The van der Waals surface area contributed by atoms with Gasteiger partial charge in [-0.05, 0) is 37.0 Å². The van der Waals surface area contributed by atoms with Gasteiger partial charge in [0.2, 0.25) is 0 Å². The number of carbonyl (C=O) groups excluding carboxylic acids is 1. The second-order valence-electron chi connectivity index (χ2n) is 7.05. The van der Waals surface area contributed by atoms with Gasteiger partial charge >= 0.3 is 12.0 Å². The van der Waals surface area contributed by atoms with Crippen LogP contribution >= 0.6 is 0 Å². The molecule has 3 rings (SSSR count). The van der Waals surface area contributed by atoms with Crippen molar-refractivity contribution in [2.24, 2.45) is 5.92 Å². The molecular formula is C19H26N2O5. The zero-order chi connectivity index (χ0) is 18.6. The third kappa shape index (κ3) is 3.93. The van der Waals surface area contributed by atoms with Gasteiger partial charge in [-0.25, -0.2) is 4.79 Å². The van der Waals surface area contributed by atoms with Gasteiger partial charge in [-0.15, -0.1) is 0 Å². The number of methoxy groups -OCH3 is 1. The number of amides is 2. The minimum Gasteiger partial charge on any atom is -0.497 e. The van der Waals surface area contributed by atoms with E-state index in [1.807, 2.05) is 24.3 Å². The maximum absolute atomic E-state index is 12.5. The predicted octanol–water partition coefficient (Wildman–Crippen LogP) is 1.86. The topological polar surface area (TPSA) is 88.1 Å². The van der Waals surface area contributed by atoms with Gasteiger partial charge in [0.15, 0.2) is 0 Å². The number of aliphatic carboxylic acids is 1. The number of nitrogens with zero attached hydrogens (tertiary/aromatic N) is 1. The largest absolute Gasteiger partial charge is 0.497 e. The number of hydrogen-bond donors (Lipinski definition) is 2. The molecule has 2 N–H and O–H groups in total. The smallest absolute Gasteiger partial charge is 0.317 e. The van der Waals surface area contributed by atoms with Crippen molar-refractivity contribution in [1.82, 2.24) is 10.2 Å². The minimum atomic E-state index is -0.834. The first-order valence-electron chi connectivity index (χ1n) is 9.02. The van der Waals surface area contributed by atoms with E-state index in [9.17, 15) is 9.59 Å². The Balaban J connectivity index is 1.67. The minimum absolute atomic E-state index is 0.174. The molecule has 2 amide bonds. The van der Waals surface area contributed by atoms with Crippen LogP contribution in [0.3, 0.4) is 0 Å². The van der Waals surface area contributed by atoms with Gasteiger partial charge in [0.25, 0.3) is 0 Å². The van der Waals surface area contributed by atoms with Crippen molar-refractivity contribution in [3.8, 4) is 5.75 Å². The number of carbonyl (C=O) groups is 2. The number of nitrogens with one attached hydrogen (secondary N) is 1. The van der Waals surface area contributed by atoms with Crippen LogP contribution in [0.1, 0.15) is 24.8 Å². The Morgan fingerprint density at radius 2 is 2.00 bits per heavy atom. The first-order valence-corrected chi connectivity index (χ1v) is 9.02. The van der Waals surface area contributed by atoms with Crippen molar-refractivity contribution >= 4 is 12.0 Å². The van der Waals surface area contributed by atoms with E-state index in [0.717, 1.165) is 24.2 Å². The van der Waals surface area contributed by atoms with Gasteiger partial charge in [0, 0.05) is 38.3 Å². The van der Waals surface area contributed by atoms with Crippen LogP contribution in [0.15, 0.2) is 24.3 Å². The molecule has 2 aliphatic heterocycles. The fraction of sp³-hybridized carbons (Fsp3) is 0.579. The standard InChI is InChI=1S/C19H26N2O5/c1-25-16-4-2-15(3-5-16)19(7-10-26-11-8-19)13-20-18(24)21-9-6-14(12-21)17(22)23/h2-5,14H,6-13H2,1H3,(H,20,24)(H,22,23). The van der Waals surface area contributed by atoms with Gasteiger partial charge in [-0.1, -0.05) is 12.1 Å². The van der Waals surface area contributed by atoms with E-state index >= 15 is 0 Å². The zero-order valence-corrected chi connectivity index (χ0v) is 15.1. The molecule has 1 aromatic rings. The number of carboxylic acids is 1. The molecule has 0 spiro atoms. The van der Waals surface area contributed by atoms with E-state index in [1.165, 1.54) is 0 Å². The summed E-state index contributed by atoms with van der Waals surface area (Å²) >= 11 is 0. The third-order valence-corrected chi connectivity index (χ3v) is 5.56. The molecule has 2 saturated heterocycles. The molecule has 7 nitrogen and oxygen atoms in total. The normalized spacial score (nSPS) is 22.0. The number of ether oxygens (including phenoxy) is 2. The quantitative estimate of drug-likeness (QED) is 0.835. The Bertz CT molecular complexity index is 640. The number of likely N-dealkylation sites (tertiary alicyclic amines) is 1. The Labute approximate surface area is 153 Å². The SMILES string of the molecule is COc1ccc(C2(CNC(=O)N3CCC(C(=O)O)C3)CCOCC2)cc1. The molecule has 2 fully saturated rings. The number of benzene rings is 1. The highest BCUT2D eigenvalue weighted by molar-refractivity contribution is 5.77. The van der Waals surface area contributed by atoms with Crippen molar-refractivity contribution in [3.05, 3.63) is 29.8 Å². The van der Waals surface area contributed by atoms with Crippen LogP contribution < -0.4 is 10.1 Å². The van der Waals surface area contributed by atoms with Gasteiger partial charge < -0.3 is 24.8 Å². The van der Waals surface area contributed by atoms with Crippen molar-refractivity contribution < 1.29 is 24.2 Å². The summed E-state index contributed by atoms with van der Waals surface area (Å²) in [4.78, 5) is 25.2. The van der Waals surface area contributed by atoms with Crippen molar-refractivity contribution in [2.45, 2.75) is 24.7 Å². The number of rotatable bonds is 5. The molecular weight excluding hydrogens is 336 g/mol. The summed E-state index contributed by atoms with van der Waals surface area (Å²) in [7, 11) is 1.64. The van der Waals surface area contributed by atoms with E-state index in [4.69, 9.17) is 14.6 Å². The van der Waals surface area contributed by atoms with Crippen LogP contribution in [-0.4, -0.2) is 62.0 Å². The average molecular weight is 362 g/mol.